The number of furan rings is 1. The van der Waals surface area contributed by atoms with Crippen LogP contribution >= 0.6 is 0 Å². The predicted octanol–water partition coefficient (Wildman–Crippen LogP) is 3.38. The molecule has 1 aromatic carbocycles. The van der Waals surface area contributed by atoms with E-state index < -0.39 is 0 Å². The van der Waals surface area contributed by atoms with Crippen molar-refractivity contribution in [3.63, 3.8) is 0 Å². The molecule has 0 aliphatic carbocycles. The monoisotopic (exact) mass is 409 g/mol. The minimum absolute atomic E-state index is 0.541. The minimum atomic E-state index is 0.541. The Bertz CT molecular complexity index is 888. The zero-order chi connectivity index (χ0) is 21.0. The van der Waals surface area contributed by atoms with Crippen molar-refractivity contribution in [3.05, 3.63) is 66.2 Å². The smallest absolute Gasteiger partial charge is 0.191 e. The Balaban J connectivity index is 1.64. The second-order valence-electron chi connectivity index (χ2n) is 6.94. The van der Waals surface area contributed by atoms with Gasteiger partial charge in [-0.1, -0.05) is 30.3 Å². The average Bonchev–Trinajstić information content (AvgIpc) is 3.41. The van der Waals surface area contributed by atoms with Crippen LogP contribution in [0.3, 0.4) is 0 Å². The van der Waals surface area contributed by atoms with E-state index in [0.29, 0.717) is 6.54 Å². The summed E-state index contributed by atoms with van der Waals surface area (Å²) in [7, 11) is 1.94. The standard InChI is InChI=1S/C23H31N5O2/c1-3-29-15-8-13-24-23(25-14-12-21-11-7-16-30-21)26-17-20-18-28(2)27-22(20)19-9-5-4-6-10-19/h4-7,9-11,16,18H,3,8,12-15,17H2,1-2H3,(H2,24,25,26). The summed E-state index contributed by atoms with van der Waals surface area (Å²) in [5, 5.41) is 11.4. The summed E-state index contributed by atoms with van der Waals surface area (Å²) in [5.74, 6) is 1.73. The molecule has 0 saturated carbocycles. The van der Waals surface area contributed by atoms with Crippen molar-refractivity contribution < 1.29 is 9.15 Å². The van der Waals surface area contributed by atoms with Crippen LogP contribution in [0.2, 0.25) is 0 Å². The molecule has 2 N–H and O–H groups in total. The molecule has 7 nitrogen and oxygen atoms in total. The van der Waals surface area contributed by atoms with Gasteiger partial charge < -0.3 is 19.8 Å². The summed E-state index contributed by atoms with van der Waals surface area (Å²) in [6, 6.07) is 14.1. The molecule has 7 heteroatoms. The molecular weight excluding hydrogens is 378 g/mol. The molecule has 160 valence electrons. The molecule has 2 aromatic heterocycles. The highest BCUT2D eigenvalue weighted by Crippen LogP contribution is 2.22. The molecule has 0 amide bonds. The van der Waals surface area contributed by atoms with Gasteiger partial charge in [0.2, 0.25) is 0 Å². The number of aliphatic imine (C=N–C) groups is 1. The molecule has 0 atom stereocenters. The summed E-state index contributed by atoms with van der Waals surface area (Å²) in [4.78, 5) is 4.80. The van der Waals surface area contributed by atoms with Gasteiger partial charge in [0.25, 0.3) is 0 Å². The first-order valence-corrected chi connectivity index (χ1v) is 10.5. The summed E-state index contributed by atoms with van der Waals surface area (Å²) in [6.07, 6.45) is 5.45. The number of hydrogen-bond acceptors (Lipinski definition) is 4. The fourth-order valence-corrected chi connectivity index (χ4v) is 3.12. The maximum absolute atomic E-state index is 5.42. The maximum atomic E-state index is 5.42. The van der Waals surface area contributed by atoms with E-state index in [1.807, 2.05) is 55.2 Å². The number of aryl methyl sites for hydroxylation is 1. The number of nitrogens with one attached hydrogen (secondary N) is 2. The predicted molar refractivity (Wildman–Crippen MR) is 119 cm³/mol. The Morgan fingerprint density at radius 1 is 1.13 bits per heavy atom. The van der Waals surface area contributed by atoms with E-state index in [1.165, 1.54) is 0 Å². The molecule has 3 aromatic rings. The van der Waals surface area contributed by atoms with Crippen molar-refractivity contribution in [1.82, 2.24) is 20.4 Å². The number of ether oxygens (including phenoxy) is 1. The van der Waals surface area contributed by atoms with Crippen LogP contribution in [0.15, 0.2) is 64.3 Å². The lowest BCUT2D eigenvalue weighted by molar-refractivity contribution is 0.145. The summed E-state index contributed by atoms with van der Waals surface area (Å²) < 4.78 is 12.7. The van der Waals surface area contributed by atoms with Crippen molar-refractivity contribution in [2.45, 2.75) is 26.3 Å². The van der Waals surface area contributed by atoms with Gasteiger partial charge in [0.15, 0.2) is 5.96 Å². The zero-order valence-electron chi connectivity index (χ0n) is 17.8. The number of benzene rings is 1. The maximum Gasteiger partial charge on any atom is 0.191 e. The van der Waals surface area contributed by atoms with E-state index in [1.54, 1.807) is 6.26 Å². The van der Waals surface area contributed by atoms with Gasteiger partial charge in [0.1, 0.15) is 5.76 Å². The van der Waals surface area contributed by atoms with Gasteiger partial charge in [0, 0.05) is 57.1 Å². The second-order valence-corrected chi connectivity index (χ2v) is 6.94. The Labute approximate surface area is 178 Å². The van der Waals surface area contributed by atoms with E-state index in [2.05, 4.69) is 27.9 Å². The quantitative estimate of drug-likeness (QED) is 0.288. The van der Waals surface area contributed by atoms with E-state index >= 15 is 0 Å². The van der Waals surface area contributed by atoms with Gasteiger partial charge in [-0.05, 0) is 25.5 Å². The van der Waals surface area contributed by atoms with Crippen LogP contribution in [0.25, 0.3) is 11.3 Å². The molecule has 0 bridgehead atoms. The summed E-state index contributed by atoms with van der Waals surface area (Å²) >= 11 is 0. The van der Waals surface area contributed by atoms with Crippen molar-refractivity contribution in [1.29, 1.82) is 0 Å². The van der Waals surface area contributed by atoms with Crippen LogP contribution in [-0.4, -0.2) is 42.0 Å². The third-order valence-electron chi connectivity index (χ3n) is 4.57. The topological polar surface area (TPSA) is 76.6 Å². The average molecular weight is 410 g/mol. The van der Waals surface area contributed by atoms with Crippen LogP contribution in [0.5, 0.6) is 0 Å². The molecule has 2 heterocycles. The molecule has 0 aliphatic heterocycles. The fraction of sp³-hybridized carbons (Fsp3) is 0.391. The summed E-state index contributed by atoms with van der Waals surface area (Å²) in [6.45, 7) is 5.57. The molecule has 0 radical (unpaired) electrons. The Morgan fingerprint density at radius 3 is 2.73 bits per heavy atom. The zero-order valence-corrected chi connectivity index (χ0v) is 17.8. The highest BCUT2D eigenvalue weighted by molar-refractivity contribution is 5.80. The largest absolute Gasteiger partial charge is 0.469 e. The number of hydrogen-bond donors (Lipinski definition) is 2. The normalized spacial score (nSPS) is 11.6. The van der Waals surface area contributed by atoms with Crippen LogP contribution in [0, 0.1) is 0 Å². The number of aromatic nitrogens is 2. The Morgan fingerprint density at radius 2 is 1.97 bits per heavy atom. The van der Waals surface area contributed by atoms with Crippen LogP contribution < -0.4 is 10.6 Å². The van der Waals surface area contributed by atoms with Crippen molar-refractivity contribution in [2.24, 2.45) is 12.0 Å². The molecule has 0 unspecified atom stereocenters. The third kappa shape index (κ3) is 6.77. The second kappa shape index (κ2) is 11.8. The fourth-order valence-electron chi connectivity index (χ4n) is 3.12. The van der Waals surface area contributed by atoms with E-state index in [9.17, 15) is 0 Å². The third-order valence-corrected chi connectivity index (χ3v) is 4.57. The van der Waals surface area contributed by atoms with Crippen LogP contribution in [0.4, 0.5) is 0 Å². The highest BCUT2D eigenvalue weighted by Gasteiger charge is 2.10. The van der Waals surface area contributed by atoms with Crippen molar-refractivity contribution >= 4 is 5.96 Å². The van der Waals surface area contributed by atoms with Crippen LogP contribution in [0.1, 0.15) is 24.7 Å². The first-order valence-electron chi connectivity index (χ1n) is 10.5. The molecular formula is C23H31N5O2. The van der Waals surface area contributed by atoms with Gasteiger partial charge in [0.05, 0.1) is 18.5 Å². The van der Waals surface area contributed by atoms with Gasteiger partial charge >= 0.3 is 0 Å². The van der Waals surface area contributed by atoms with Gasteiger partial charge in [-0.2, -0.15) is 5.10 Å². The number of rotatable bonds is 11. The SMILES string of the molecule is CCOCCCNC(=NCc1cn(C)nc1-c1ccccc1)NCCc1ccco1. The van der Waals surface area contributed by atoms with Gasteiger partial charge in [-0.15, -0.1) is 0 Å². The first kappa shape index (κ1) is 21.6. The first-order chi connectivity index (χ1) is 14.8. The number of guanidine groups is 1. The van der Waals surface area contributed by atoms with E-state index in [0.717, 1.165) is 67.7 Å². The van der Waals surface area contributed by atoms with E-state index in [4.69, 9.17) is 14.1 Å². The molecule has 0 saturated heterocycles. The molecule has 3 rings (SSSR count). The Hall–Kier alpha value is -3.06. The minimum Gasteiger partial charge on any atom is -0.469 e. The lowest BCUT2D eigenvalue weighted by atomic mass is 10.1. The van der Waals surface area contributed by atoms with Crippen molar-refractivity contribution in [2.75, 3.05) is 26.3 Å². The van der Waals surface area contributed by atoms with Gasteiger partial charge in [-0.3, -0.25) is 4.68 Å². The van der Waals surface area contributed by atoms with Crippen LogP contribution in [-0.2, 0) is 24.8 Å². The molecule has 0 aliphatic rings. The molecule has 0 spiro atoms. The highest BCUT2D eigenvalue weighted by atomic mass is 16.5. The van der Waals surface area contributed by atoms with E-state index in [-0.39, 0.29) is 0 Å². The molecule has 0 fully saturated rings. The Kier molecular flexibility index (Phi) is 8.53. The molecule has 30 heavy (non-hydrogen) atoms. The lowest BCUT2D eigenvalue weighted by Crippen LogP contribution is -2.39. The summed E-state index contributed by atoms with van der Waals surface area (Å²) in [5.41, 5.74) is 3.15. The van der Waals surface area contributed by atoms with Crippen molar-refractivity contribution in [3.8, 4) is 11.3 Å². The number of nitrogens with zero attached hydrogens (tertiary/aromatic N) is 3. The van der Waals surface area contributed by atoms with Gasteiger partial charge in [-0.25, -0.2) is 4.99 Å². The lowest BCUT2D eigenvalue weighted by Gasteiger charge is -2.12.